The molecule has 2 amide bonds. The Morgan fingerprint density at radius 1 is 1.35 bits per heavy atom. The number of aryl methyl sites for hydroxylation is 3. The molecule has 0 spiro atoms. The zero-order chi connectivity index (χ0) is 16.8. The van der Waals surface area contributed by atoms with E-state index in [1.54, 1.807) is 25.2 Å². The summed E-state index contributed by atoms with van der Waals surface area (Å²) in [5.74, 6) is -0.0925. The van der Waals surface area contributed by atoms with Crippen molar-refractivity contribution in [3.63, 3.8) is 0 Å². The lowest BCUT2D eigenvalue weighted by Crippen LogP contribution is -2.56. The quantitative estimate of drug-likeness (QED) is 0.827. The van der Waals surface area contributed by atoms with E-state index in [9.17, 15) is 9.59 Å². The normalized spacial score (nSPS) is 19.6. The van der Waals surface area contributed by atoms with E-state index in [-0.39, 0.29) is 0 Å². The van der Waals surface area contributed by atoms with Crippen molar-refractivity contribution in [2.75, 3.05) is 10.6 Å². The van der Waals surface area contributed by atoms with Gasteiger partial charge in [0.25, 0.3) is 17.4 Å². The molecular weight excluding hydrogens is 296 g/mol. The van der Waals surface area contributed by atoms with Crippen molar-refractivity contribution in [2.45, 2.75) is 26.4 Å². The molecule has 1 unspecified atom stereocenters. The fraction of sp³-hybridized carbons (Fsp3) is 0.312. The van der Waals surface area contributed by atoms with Gasteiger partial charge < -0.3 is 15.4 Å². The molecule has 1 aromatic carbocycles. The second kappa shape index (κ2) is 5.12. The van der Waals surface area contributed by atoms with Gasteiger partial charge in [0.05, 0.1) is 11.4 Å². The van der Waals surface area contributed by atoms with Gasteiger partial charge in [-0.3, -0.25) is 14.3 Å². The molecule has 1 aromatic heterocycles. The number of carbonyl (C=O) groups excluding carboxylic acids is 2. The average molecular weight is 314 g/mol. The smallest absolute Gasteiger partial charge is 0.279 e. The molecule has 7 nitrogen and oxygen atoms in total. The van der Waals surface area contributed by atoms with E-state index in [1.165, 1.54) is 11.6 Å². The molecule has 0 fully saturated rings. The number of nitrogens with zero attached hydrogens (tertiary/aromatic N) is 2. The van der Waals surface area contributed by atoms with Crippen LogP contribution in [0.5, 0.6) is 5.75 Å². The van der Waals surface area contributed by atoms with Gasteiger partial charge in [-0.25, -0.2) is 0 Å². The number of benzene rings is 1. The van der Waals surface area contributed by atoms with Crippen LogP contribution in [0.1, 0.15) is 18.2 Å². The number of amides is 2. The highest BCUT2D eigenvalue weighted by atomic mass is 16.5. The lowest BCUT2D eigenvalue weighted by Gasteiger charge is -2.33. The molecule has 23 heavy (non-hydrogen) atoms. The number of fused-ring (bicyclic) bond motifs is 1. The van der Waals surface area contributed by atoms with Crippen molar-refractivity contribution in [1.29, 1.82) is 0 Å². The van der Waals surface area contributed by atoms with Gasteiger partial charge in [0.15, 0.2) is 0 Å². The van der Waals surface area contributed by atoms with Crippen molar-refractivity contribution in [3.8, 4) is 5.75 Å². The summed E-state index contributed by atoms with van der Waals surface area (Å²) in [5.41, 5.74) is 0.672. The molecule has 2 N–H and O–H groups in total. The largest absolute Gasteiger partial charge is 0.466 e. The topological polar surface area (TPSA) is 85.3 Å². The van der Waals surface area contributed by atoms with Crippen LogP contribution < -0.4 is 15.4 Å². The van der Waals surface area contributed by atoms with Crippen LogP contribution in [-0.2, 0) is 16.6 Å². The summed E-state index contributed by atoms with van der Waals surface area (Å²) in [5, 5.41) is 9.58. The third-order valence-corrected chi connectivity index (χ3v) is 3.81. The molecule has 0 radical (unpaired) electrons. The van der Waals surface area contributed by atoms with E-state index in [0.29, 0.717) is 17.3 Å². The first-order valence-corrected chi connectivity index (χ1v) is 7.23. The summed E-state index contributed by atoms with van der Waals surface area (Å²) >= 11 is 0. The predicted octanol–water partition coefficient (Wildman–Crippen LogP) is 1.77. The van der Waals surface area contributed by atoms with Gasteiger partial charge in [-0.05, 0) is 38.5 Å². The maximum absolute atomic E-state index is 12.6. The number of nitrogens with one attached hydrogen (secondary N) is 2. The van der Waals surface area contributed by atoms with Crippen LogP contribution in [0.15, 0.2) is 24.3 Å². The highest BCUT2D eigenvalue weighted by Crippen LogP contribution is 2.34. The summed E-state index contributed by atoms with van der Waals surface area (Å²) in [6.07, 6.45) is 0. The zero-order valence-electron chi connectivity index (χ0n) is 13.4. The molecule has 1 aliphatic rings. The first-order chi connectivity index (χ1) is 10.8. The fourth-order valence-electron chi connectivity index (χ4n) is 2.45. The summed E-state index contributed by atoms with van der Waals surface area (Å²) in [6, 6.07) is 7.12. The second-order valence-electron chi connectivity index (χ2n) is 5.84. The van der Waals surface area contributed by atoms with Crippen molar-refractivity contribution >= 4 is 23.3 Å². The lowest BCUT2D eigenvalue weighted by molar-refractivity contribution is -0.143. The maximum atomic E-state index is 12.6. The molecule has 0 bridgehead atoms. The highest BCUT2D eigenvalue weighted by molar-refractivity contribution is 6.18. The predicted molar refractivity (Wildman–Crippen MR) is 85.4 cm³/mol. The number of rotatable bonds is 2. The highest BCUT2D eigenvalue weighted by Gasteiger charge is 2.47. The standard InChI is InChI=1S/C16H18N4O3/c1-9-5-6-12-11(7-9)17-14(21)16(3,23-12)15(22)18-13-8-10(2)19-20(13)4/h5-8H,1-4H3,(H,17,21)(H,18,22). The Balaban J connectivity index is 1.89. The first-order valence-electron chi connectivity index (χ1n) is 7.23. The Kier molecular flexibility index (Phi) is 3.35. The number of carbonyl (C=O) groups is 2. The minimum absolute atomic E-state index is 0.467. The summed E-state index contributed by atoms with van der Waals surface area (Å²) in [4.78, 5) is 25.0. The number of aromatic nitrogens is 2. The third kappa shape index (κ3) is 2.54. The molecule has 120 valence electrons. The van der Waals surface area contributed by atoms with Crippen LogP contribution >= 0.6 is 0 Å². The molecule has 2 heterocycles. The Labute approximate surface area is 133 Å². The van der Waals surface area contributed by atoms with Crippen LogP contribution in [0, 0.1) is 13.8 Å². The molecule has 7 heteroatoms. The minimum Gasteiger partial charge on any atom is -0.466 e. The van der Waals surface area contributed by atoms with E-state index in [0.717, 1.165) is 11.3 Å². The summed E-state index contributed by atoms with van der Waals surface area (Å²) in [6.45, 7) is 5.18. The van der Waals surface area contributed by atoms with E-state index >= 15 is 0 Å². The van der Waals surface area contributed by atoms with E-state index < -0.39 is 17.4 Å². The maximum Gasteiger partial charge on any atom is 0.279 e. The van der Waals surface area contributed by atoms with Gasteiger partial charge in [-0.2, -0.15) is 5.10 Å². The monoisotopic (exact) mass is 314 g/mol. The molecule has 3 rings (SSSR count). The number of hydrogen-bond donors (Lipinski definition) is 2. The van der Waals surface area contributed by atoms with Crippen LogP contribution in [0.3, 0.4) is 0 Å². The molecule has 0 aliphatic carbocycles. The zero-order valence-corrected chi connectivity index (χ0v) is 13.4. The second-order valence-corrected chi connectivity index (χ2v) is 5.84. The van der Waals surface area contributed by atoms with E-state index in [2.05, 4.69) is 15.7 Å². The molecule has 0 saturated carbocycles. The fourth-order valence-corrected chi connectivity index (χ4v) is 2.45. The Morgan fingerprint density at radius 2 is 2.09 bits per heavy atom. The van der Waals surface area contributed by atoms with Gasteiger partial charge in [0.1, 0.15) is 11.6 Å². The Morgan fingerprint density at radius 3 is 2.74 bits per heavy atom. The Hall–Kier alpha value is -2.83. The third-order valence-electron chi connectivity index (χ3n) is 3.81. The van der Waals surface area contributed by atoms with Gasteiger partial charge in [0.2, 0.25) is 0 Å². The van der Waals surface area contributed by atoms with Gasteiger partial charge >= 0.3 is 0 Å². The molecule has 0 saturated heterocycles. The van der Waals surface area contributed by atoms with Crippen LogP contribution in [-0.4, -0.2) is 27.2 Å². The van der Waals surface area contributed by atoms with Crippen LogP contribution in [0.2, 0.25) is 0 Å². The number of hydrogen-bond acceptors (Lipinski definition) is 4. The molecule has 1 atom stereocenters. The molecule has 2 aromatic rings. The first kappa shape index (κ1) is 15.1. The van der Waals surface area contributed by atoms with Gasteiger partial charge in [0, 0.05) is 13.1 Å². The van der Waals surface area contributed by atoms with Gasteiger partial charge in [-0.1, -0.05) is 6.07 Å². The minimum atomic E-state index is -1.65. The summed E-state index contributed by atoms with van der Waals surface area (Å²) < 4.78 is 7.25. The number of ether oxygens (including phenoxy) is 1. The lowest BCUT2D eigenvalue weighted by atomic mass is 10.0. The van der Waals surface area contributed by atoms with Crippen molar-refractivity contribution in [2.24, 2.45) is 7.05 Å². The summed E-state index contributed by atoms with van der Waals surface area (Å²) in [7, 11) is 1.71. The van der Waals surface area contributed by atoms with Crippen LogP contribution in [0.4, 0.5) is 11.5 Å². The van der Waals surface area contributed by atoms with Gasteiger partial charge in [-0.15, -0.1) is 0 Å². The SMILES string of the molecule is Cc1ccc2c(c1)NC(=O)C(C)(C(=O)Nc1cc(C)nn1C)O2. The average Bonchev–Trinajstić information content (AvgIpc) is 2.78. The molecular formula is C16H18N4O3. The van der Waals surface area contributed by atoms with E-state index in [1.807, 2.05) is 19.9 Å². The van der Waals surface area contributed by atoms with Crippen molar-refractivity contribution in [1.82, 2.24) is 9.78 Å². The van der Waals surface area contributed by atoms with Crippen molar-refractivity contribution in [3.05, 3.63) is 35.5 Å². The molecule has 1 aliphatic heterocycles. The van der Waals surface area contributed by atoms with E-state index in [4.69, 9.17) is 4.74 Å². The Bertz CT molecular complexity index is 812. The number of anilines is 2. The van der Waals surface area contributed by atoms with Crippen molar-refractivity contribution < 1.29 is 14.3 Å². The van der Waals surface area contributed by atoms with Crippen LogP contribution in [0.25, 0.3) is 0 Å².